The summed E-state index contributed by atoms with van der Waals surface area (Å²) in [6.07, 6.45) is 1.83. The summed E-state index contributed by atoms with van der Waals surface area (Å²) in [4.78, 5) is 28.3. The predicted octanol–water partition coefficient (Wildman–Crippen LogP) is 4.84. The number of nitrogens with zero attached hydrogens (tertiary/aromatic N) is 2. The van der Waals surface area contributed by atoms with Gasteiger partial charge in [-0.1, -0.05) is 17.7 Å². The Hall–Kier alpha value is -2.86. The van der Waals surface area contributed by atoms with Gasteiger partial charge in [0.2, 0.25) is 0 Å². The fourth-order valence-corrected chi connectivity index (χ4v) is 2.70. The van der Waals surface area contributed by atoms with Crippen molar-refractivity contribution in [2.45, 2.75) is 0 Å². The number of carboxylic acids is 2. The fourth-order valence-electron chi connectivity index (χ4n) is 1.98. The molecule has 3 rings (SSSR count). The average molecular weight is 534 g/mol. The quantitative estimate of drug-likeness (QED) is 0.325. The number of anilines is 2. The summed E-state index contributed by atoms with van der Waals surface area (Å²) in [7, 11) is 0. The van der Waals surface area contributed by atoms with Crippen LogP contribution in [0.15, 0.2) is 48.8 Å². The van der Waals surface area contributed by atoms with Crippen molar-refractivity contribution in [3.8, 4) is 0 Å². The third-order valence-electron chi connectivity index (χ3n) is 3.21. The highest BCUT2D eigenvalue weighted by atomic mass is 127. The highest BCUT2D eigenvalue weighted by molar-refractivity contribution is 14.1. The van der Waals surface area contributed by atoms with E-state index < -0.39 is 23.6 Å². The van der Waals surface area contributed by atoms with Crippen molar-refractivity contribution in [1.29, 1.82) is 0 Å². The van der Waals surface area contributed by atoms with Gasteiger partial charge < -0.3 is 15.5 Å². The van der Waals surface area contributed by atoms with Crippen molar-refractivity contribution in [2.75, 3.05) is 5.32 Å². The number of carboxylic acid groups (broad SMARTS) is 2. The van der Waals surface area contributed by atoms with E-state index in [1.807, 2.05) is 18.2 Å². The molecule has 0 atom stereocenters. The molecule has 0 aliphatic heterocycles. The highest BCUT2D eigenvalue weighted by Crippen LogP contribution is 2.21. The van der Waals surface area contributed by atoms with Crippen molar-refractivity contribution in [1.82, 2.24) is 9.97 Å². The summed E-state index contributed by atoms with van der Waals surface area (Å²) in [5.74, 6) is -3.80. The molecular formula is C18H11ClF2IN3O4. The zero-order valence-corrected chi connectivity index (χ0v) is 17.1. The van der Waals surface area contributed by atoms with E-state index in [9.17, 15) is 18.4 Å². The van der Waals surface area contributed by atoms with Crippen molar-refractivity contribution in [3.05, 3.63) is 80.3 Å². The standard InChI is InChI=1S/C12H8FIN2O2.C6H3ClFNO2/c13-7-4-10(12(17)18)11(15-6-7)16-9-3-1-2-8(14)5-9;7-5-4(6(10)11)1-3(8)2-9-5/h1-6H,(H,15,16)(H,17,18);1-2H,(H,10,11). The molecule has 0 fully saturated rings. The molecule has 29 heavy (non-hydrogen) atoms. The Morgan fingerprint density at radius 2 is 1.55 bits per heavy atom. The summed E-state index contributed by atoms with van der Waals surface area (Å²) in [6, 6.07) is 9.09. The first-order valence-electron chi connectivity index (χ1n) is 7.63. The van der Waals surface area contributed by atoms with Crippen LogP contribution in [-0.4, -0.2) is 32.1 Å². The number of hydrogen-bond acceptors (Lipinski definition) is 5. The van der Waals surface area contributed by atoms with Crippen molar-refractivity contribution >= 4 is 57.6 Å². The van der Waals surface area contributed by atoms with Gasteiger partial charge in [0.25, 0.3) is 0 Å². The van der Waals surface area contributed by atoms with Gasteiger partial charge >= 0.3 is 11.9 Å². The monoisotopic (exact) mass is 533 g/mol. The van der Waals surface area contributed by atoms with Crippen LogP contribution in [0.25, 0.3) is 0 Å². The summed E-state index contributed by atoms with van der Waals surface area (Å²) >= 11 is 7.47. The lowest BCUT2D eigenvalue weighted by molar-refractivity contribution is 0.0685. The lowest BCUT2D eigenvalue weighted by atomic mass is 10.2. The van der Waals surface area contributed by atoms with Gasteiger partial charge in [-0.3, -0.25) is 0 Å². The Bertz CT molecular complexity index is 1070. The summed E-state index contributed by atoms with van der Waals surface area (Å²) in [6.45, 7) is 0. The maximum Gasteiger partial charge on any atom is 0.339 e. The van der Waals surface area contributed by atoms with Gasteiger partial charge in [-0.15, -0.1) is 0 Å². The van der Waals surface area contributed by atoms with E-state index in [1.54, 1.807) is 6.07 Å². The number of nitrogens with one attached hydrogen (secondary N) is 1. The SMILES string of the molecule is O=C(O)c1cc(F)cnc1Cl.O=C(O)c1cc(F)cnc1Nc1cccc(I)c1. The molecule has 0 saturated carbocycles. The molecule has 7 nitrogen and oxygen atoms in total. The Morgan fingerprint density at radius 3 is 2.10 bits per heavy atom. The van der Waals surface area contributed by atoms with Crippen LogP contribution >= 0.6 is 34.2 Å². The Kier molecular flexibility index (Phi) is 7.79. The first-order chi connectivity index (χ1) is 13.7. The largest absolute Gasteiger partial charge is 0.478 e. The van der Waals surface area contributed by atoms with Gasteiger partial charge in [-0.05, 0) is 52.9 Å². The number of benzene rings is 1. The van der Waals surface area contributed by atoms with E-state index in [4.69, 9.17) is 21.8 Å². The minimum Gasteiger partial charge on any atom is -0.478 e. The molecule has 3 aromatic rings. The molecule has 2 heterocycles. The smallest absolute Gasteiger partial charge is 0.339 e. The van der Waals surface area contributed by atoms with Gasteiger partial charge in [0, 0.05) is 9.26 Å². The molecule has 0 bridgehead atoms. The molecule has 0 aliphatic rings. The molecule has 2 aromatic heterocycles. The van der Waals surface area contributed by atoms with E-state index in [0.717, 1.165) is 28.1 Å². The van der Waals surface area contributed by atoms with Crippen LogP contribution in [0.4, 0.5) is 20.3 Å². The first-order valence-corrected chi connectivity index (χ1v) is 9.09. The van der Waals surface area contributed by atoms with Crippen LogP contribution in [0.5, 0.6) is 0 Å². The number of pyridine rings is 2. The minimum atomic E-state index is -1.29. The van der Waals surface area contributed by atoms with E-state index in [2.05, 4.69) is 37.9 Å². The third kappa shape index (κ3) is 6.61. The number of halogens is 4. The van der Waals surface area contributed by atoms with Crippen molar-refractivity contribution in [2.24, 2.45) is 0 Å². The van der Waals surface area contributed by atoms with E-state index >= 15 is 0 Å². The molecule has 3 N–H and O–H groups in total. The Morgan fingerprint density at radius 1 is 0.966 bits per heavy atom. The number of aromatic carboxylic acids is 2. The summed E-state index contributed by atoms with van der Waals surface area (Å²) in [5.41, 5.74) is 0.170. The second-order valence-electron chi connectivity index (χ2n) is 5.29. The predicted molar refractivity (Wildman–Crippen MR) is 110 cm³/mol. The minimum absolute atomic E-state index is 0.117. The molecule has 0 amide bonds. The molecule has 150 valence electrons. The molecule has 1 aromatic carbocycles. The van der Waals surface area contributed by atoms with Gasteiger partial charge in [0.05, 0.1) is 18.0 Å². The summed E-state index contributed by atoms with van der Waals surface area (Å²) in [5, 5.41) is 20.0. The number of hydrogen-bond donors (Lipinski definition) is 3. The Labute approximate surface area is 181 Å². The van der Waals surface area contributed by atoms with Gasteiger partial charge in [-0.25, -0.2) is 28.3 Å². The van der Waals surface area contributed by atoms with Crippen LogP contribution in [0.3, 0.4) is 0 Å². The molecular weight excluding hydrogens is 523 g/mol. The topological polar surface area (TPSA) is 112 Å². The number of aromatic nitrogens is 2. The van der Waals surface area contributed by atoms with Crippen molar-refractivity contribution in [3.63, 3.8) is 0 Å². The molecule has 11 heteroatoms. The normalized spacial score (nSPS) is 9.93. The molecule has 0 unspecified atom stereocenters. The number of rotatable bonds is 4. The van der Waals surface area contributed by atoms with Crippen LogP contribution in [-0.2, 0) is 0 Å². The zero-order valence-electron chi connectivity index (χ0n) is 14.2. The third-order valence-corrected chi connectivity index (χ3v) is 4.18. The lowest BCUT2D eigenvalue weighted by Gasteiger charge is -2.08. The summed E-state index contributed by atoms with van der Waals surface area (Å²) < 4.78 is 26.3. The van der Waals surface area contributed by atoms with Gasteiger partial charge in [-0.2, -0.15) is 0 Å². The molecule has 0 radical (unpaired) electrons. The van der Waals surface area contributed by atoms with Crippen LogP contribution in [0.2, 0.25) is 5.15 Å². The molecule has 0 aliphatic carbocycles. The van der Waals surface area contributed by atoms with E-state index in [0.29, 0.717) is 5.69 Å². The fraction of sp³-hybridized carbons (Fsp3) is 0. The van der Waals surface area contributed by atoms with Gasteiger partial charge in [0.1, 0.15) is 28.2 Å². The van der Waals surface area contributed by atoms with Crippen LogP contribution in [0.1, 0.15) is 20.7 Å². The first kappa shape index (κ1) is 22.4. The number of carbonyl (C=O) groups is 2. The van der Waals surface area contributed by atoms with Gasteiger partial charge in [0.15, 0.2) is 0 Å². The van der Waals surface area contributed by atoms with Crippen LogP contribution < -0.4 is 5.32 Å². The zero-order chi connectivity index (χ0) is 21.6. The van der Waals surface area contributed by atoms with Crippen LogP contribution in [0, 0.1) is 15.2 Å². The highest BCUT2D eigenvalue weighted by Gasteiger charge is 2.13. The lowest BCUT2D eigenvalue weighted by Crippen LogP contribution is -2.05. The maximum absolute atomic E-state index is 13.0. The maximum atomic E-state index is 13.0. The molecule has 0 spiro atoms. The Balaban J connectivity index is 0.000000234. The second kappa shape index (κ2) is 10.1. The average Bonchev–Trinajstić information content (AvgIpc) is 2.65. The van der Waals surface area contributed by atoms with E-state index in [1.165, 1.54) is 0 Å². The second-order valence-corrected chi connectivity index (χ2v) is 6.89. The van der Waals surface area contributed by atoms with Crippen molar-refractivity contribution < 1.29 is 28.6 Å². The van der Waals surface area contributed by atoms with E-state index in [-0.39, 0.29) is 22.1 Å². The molecule has 0 saturated heterocycles.